The Morgan fingerprint density at radius 2 is 0.791 bits per heavy atom. The fourth-order valence-corrected chi connectivity index (χ4v) is 5.41. The smallest absolute Gasteiger partial charge is 0.423 e. The highest BCUT2D eigenvalue weighted by Crippen LogP contribution is 2.31. The molecule has 1 heterocycles. The van der Waals surface area contributed by atoms with Crippen molar-refractivity contribution >= 4 is 23.4 Å². The average Bonchev–Trinajstić information content (AvgIpc) is 3.08. The number of fused-ring (bicyclic) bond motifs is 1. The SMILES string of the molecule is OB(O)c1cccc2cccc(-c3nc(-c4ccc(-c5ccccc5)cc4)nc(-c4ccc(-c5ccccc5)cc4)n3)c12. The van der Waals surface area contributed by atoms with Crippen LogP contribution in [-0.4, -0.2) is 32.1 Å². The van der Waals surface area contributed by atoms with Crippen LogP contribution in [0.4, 0.5) is 0 Å². The first-order valence-electron chi connectivity index (χ1n) is 14.1. The van der Waals surface area contributed by atoms with Crippen LogP contribution in [0.5, 0.6) is 0 Å². The van der Waals surface area contributed by atoms with Crippen LogP contribution in [-0.2, 0) is 0 Å². The quantitative estimate of drug-likeness (QED) is 0.215. The van der Waals surface area contributed by atoms with Crippen LogP contribution in [0.25, 0.3) is 67.2 Å². The summed E-state index contributed by atoms with van der Waals surface area (Å²) in [5.41, 5.74) is 7.29. The van der Waals surface area contributed by atoms with Gasteiger partial charge >= 0.3 is 7.12 Å². The third-order valence-electron chi connectivity index (χ3n) is 7.59. The number of rotatable bonds is 6. The summed E-state index contributed by atoms with van der Waals surface area (Å²) >= 11 is 0. The highest BCUT2D eigenvalue weighted by molar-refractivity contribution is 6.62. The molecule has 0 unspecified atom stereocenters. The van der Waals surface area contributed by atoms with Crippen molar-refractivity contribution < 1.29 is 10.0 Å². The van der Waals surface area contributed by atoms with Gasteiger partial charge in [0.1, 0.15) is 0 Å². The molecule has 0 radical (unpaired) electrons. The van der Waals surface area contributed by atoms with Crippen LogP contribution in [0.1, 0.15) is 0 Å². The molecule has 0 amide bonds. The topological polar surface area (TPSA) is 79.1 Å². The summed E-state index contributed by atoms with van der Waals surface area (Å²) in [4.78, 5) is 14.8. The van der Waals surface area contributed by atoms with Gasteiger partial charge in [0.2, 0.25) is 0 Å². The fraction of sp³-hybridized carbons (Fsp3) is 0. The molecule has 6 heteroatoms. The Bertz CT molecular complexity index is 1920. The molecule has 0 aliphatic heterocycles. The number of hydrogen-bond donors (Lipinski definition) is 2. The van der Waals surface area contributed by atoms with Gasteiger partial charge in [0.05, 0.1) is 0 Å². The van der Waals surface area contributed by atoms with Crippen LogP contribution < -0.4 is 5.46 Å². The van der Waals surface area contributed by atoms with E-state index in [-0.39, 0.29) is 0 Å². The largest absolute Gasteiger partial charge is 0.489 e. The van der Waals surface area contributed by atoms with Crippen molar-refractivity contribution in [1.82, 2.24) is 15.0 Å². The molecule has 204 valence electrons. The monoisotopic (exact) mass is 555 g/mol. The average molecular weight is 555 g/mol. The predicted octanol–water partition coefficient (Wildman–Crippen LogP) is 7.04. The first-order chi connectivity index (χ1) is 21.1. The lowest BCUT2D eigenvalue weighted by molar-refractivity contribution is 0.426. The Morgan fingerprint density at radius 1 is 0.372 bits per heavy atom. The lowest BCUT2D eigenvalue weighted by atomic mass is 9.76. The number of nitrogens with zero attached hydrogens (tertiary/aromatic N) is 3. The lowest BCUT2D eigenvalue weighted by Gasteiger charge is -2.13. The Morgan fingerprint density at radius 3 is 1.28 bits per heavy atom. The van der Waals surface area contributed by atoms with E-state index in [1.165, 1.54) is 0 Å². The van der Waals surface area contributed by atoms with E-state index in [9.17, 15) is 10.0 Å². The fourth-order valence-electron chi connectivity index (χ4n) is 5.41. The van der Waals surface area contributed by atoms with E-state index in [0.717, 1.165) is 38.8 Å². The highest BCUT2D eigenvalue weighted by Gasteiger charge is 2.20. The zero-order valence-corrected chi connectivity index (χ0v) is 23.2. The zero-order chi connectivity index (χ0) is 29.2. The Labute approximate surface area is 250 Å². The third kappa shape index (κ3) is 5.33. The Balaban J connectivity index is 1.39. The molecule has 7 rings (SSSR count). The van der Waals surface area contributed by atoms with Crippen LogP contribution >= 0.6 is 0 Å². The number of benzene rings is 6. The van der Waals surface area contributed by atoms with Crippen molar-refractivity contribution in [2.75, 3.05) is 0 Å². The summed E-state index contributed by atoms with van der Waals surface area (Å²) in [7, 11) is -1.64. The molecule has 7 aromatic rings. The summed E-state index contributed by atoms with van der Waals surface area (Å²) in [6.07, 6.45) is 0. The maximum atomic E-state index is 10.2. The minimum atomic E-state index is -1.64. The van der Waals surface area contributed by atoms with Crippen molar-refractivity contribution in [3.8, 4) is 56.4 Å². The molecule has 6 aromatic carbocycles. The summed E-state index contributed by atoms with van der Waals surface area (Å²) in [6.45, 7) is 0. The summed E-state index contributed by atoms with van der Waals surface area (Å²) in [5.74, 6) is 1.52. The van der Waals surface area contributed by atoms with E-state index < -0.39 is 7.12 Å². The molecule has 0 bridgehead atoms. The summed E-state index contributed by atoms with van der Waals surface area (Å²) in [5, 5.41) is 22.0. The zero-order valence-electron chi connectivity index (χ0n) is 23.2. The molecule has 1 aromatic heterocycles. The van der Waals surface area contributed by atoms with Gasteiger partial charge in [-0.2, -0.15) is 0 Å². The molecule has 0 aliphatic carbocycles. The minimum Gasteiger partial charge on any atom is -0.423 e. The van der Waals surface area contributed by atoms with Gasteiger partial charge < -0.3 is 10.0 Å². The van der Waals surface area contributed by atoms with Gasteiger partial charge in [-0.3, -0.25) is 0 Å². The second kappa shape index (κ2) is 11.5. The van der Waals surface area contributed by atoms with Crippen molar-refractivity contribution in [2.24, 2.45) is 0 Å². The standard InChI is InChI=1S/C37H26BN3O2/c42-38(43)33-16-8-14-29-13-7-15-32(34(29)33)37-40-35(30-21-17-27(18-22-30)25-9-3-1-4-10-25)39-36(41-37)31-23-19-28(20-24-31)26-11-5-2-6-12-26/h1-24,42-43H. The molecular formula is C37H26BN3O2. The molecule has 0 aliphatic rings. The van der Waals surface area contributed by atoms with Crippen molar-refractivity contribution in [2.45, 2.75) is 0 Å². The van der Waals surface area contributed by atoms with E-state index in [1.807, 2.05) is 91.0 Å². The molecule has 5 nitrogen and oxygen atoms in total. The first kappa shape index (κ1) is 26.5. The predicted molar refractivity (Wildman–Crippen MR) is 174 cm³/mol. The molecule has 43 heavy (non-hydrogen) atoms. The third-order valence-corrected chi connectivity index (χ3v) is 7.59. The van der Waals surface area contributed by atoms with Gasteiger partial charge in [-0.05, 0) is 38.5 Å². The molecule has 2 N–H and O–H groups in total. The van der Waals surface area contributed by atoms with Gasteiger partial charge in [-0.1, -0.05) is 146 Å². The maximum absolute atomic E-state index is 10.2. The first-order valence-corrected chi connectivity index (χ1v) is 14.1. The molecule has 0 atom stereocenters. The summed E-state index contributed by atoms with van der Waals surface area (Å²) < 4.78 is 0. The lowest BCUT2D eigenvalue weighted by Crippen LogP contribution is -2.30. The van der Waals surface area contributed by atoms with Crippen molar-refractivity contribution in [3.05, 3.63) is 146 Å². The molecule has 0 saturated carbocycles. The molecule has 0 saturated heterocycles. The Kier molecular flexibility index (Phi) is 7.05. The van der Waals surface area contributed by atoms with Crippen LogP contribution in [0.15, 0.2) is 146 Å². The summed E-state index contributed by atoms with van der Waals surface area (Å²) in [6, 6.07) is 48.1. The van der Waals surface area contributed by atoms with Gasteiger partial charge in [0, 0.05) is 16.7 Å². The van der Waals surface area contributed by atoms with E-state index in [1.54, 1.807) is 6.07 Å². The van der Waals surface area contributed by atoms with E-state index in [0.29, 0.717) is 33.9 Å². The van der Waals surface area contributed by atoms with Crippen LogP contribution in [0, 0.1) is 0 Å². The van der Waals surface area contributed by atoms with E-state index >= 15 is 0 Å². The maximum Gasteiger partial charge on any atom is 0.489 e. The number of hydrogen-bond acceptors (Lipinski definition) is 5. The van der Waals surface area contributed by atoms with Gasteiger partial charge in [0.25, 0.3) is 0 Å². The van der Waals surface area contributed by atoms with Crippen molar-refractivity contribution in [3.63, 3.8) is 0 Å². The van der Waals surface area contributed by atoms with E-state index in [4.69, 9.17) is 15.0 Å². The van der Waals surface area contributed by atoms with Crippen LogP contribution in [0.2, 0.25) is 0 Å². The normalized spacial score (nSPS) is 11.0. The Hall–Kier alpha value is -5.43. The van der Waals surface area contributed by atoms with Gasteiger partial charge in [-0.25, -0.2) is 15.0 Å². The van der Waals surface area contributed by atoms with E-state index in [2.05, 4.69) is 48.5 Å². The van der Waals surface area contributed by atoms with Gasteiger partial charge in [0.15, 0.2) is 17.5 Å². The molecule has 0 spiro atoms. The minimum absolute atomic E-state index is 0.399. The van der Waals surface area contributed by atoms with Crippen LogP contribution in [0.3, 0.4) is 0 Å². The molecule has 0 fully saturated rings. The molecular weight excluding hydrogens is 529 g/mol. The second-order valence-electron chi connectivity index (χ2n) is 10.3. The van der Waals surface area contributed by atoms with Gasteiger partial charge in [-0.15, -0.1) is 0 Å². The highest BCUT2D eigenvalue weighted by atomic mass is 16.4. The van der Waals surface area contributed by atoms with Crippen molar-refractivity contribution in [1.29, 1.82) is 0 Å². The second-order valence-corrected chi connectivity index (χ2v) is 10.3. The number of aromatic nitrogens is 3.